The van der Waals surface area contributed by atoms with Crippen molar-refractivity contribution in [3.63, 3.8) is 0 Å². The molecule has 9 heteroatoms. The van der Waals surface area contributed by atoms with Crippen LogP contribution in [-0.4, -0.2) is 30.2 Å². The maximum atomic E-state index is 12.5. The van der Waals surface area contributed by atoms with Crippen LogP contribution in [0.15, 0.2) is 0 Å². The Balaban J connectivity index is 2.50. The van der Waals surface area contributed by atoms with Crippen LogP contribution in [0.4, 0.5) is 26.7 Å². The summed E-state index contributed by atoms with van der Waals surface area (Å²) in [6.45, 7) is 0. The van der Waals surface area contributed by atoms with Crippen molar-refractivity contribution in [2.24, 2.45) is 0 Å². The maximum absolute atomic E-state index is 12.5. The fourth-order valence-corrected chi connectivity index (χ4v) is 1.71. The van der Waals surface area contributed by atoms with Gasteiger partial charge in [-0.05, 0) is 12.8 Å². The number of ether oxygens (including phenoxy) is 1. The van der Waals surface area contributed by atoms with Crippen molar-refractivity contribution in [1.29, 1.82) is 0 Å². The molecular weight excluding hydrogens is 277 g/mol. The van der Waals surface area contributed by atoms with Crippen LogP contribution in [0, 0.1) is 0 Å². The summed E-state index contributed by atoms with van der Waals surface area (Å²) in [6.07, 6.45) is -3.97. The molecule has 19 heavy (non-hydrogen) atoms. The van der Waals surface area contributed by atoms with Crippen LogP contribution < -0.4 is 5.32 Å². The highest BCUT2D eigenvalue weighted by Gasteiger charge is 2.65. The summed E-state index contributed by atoms with van der Waals surface area (Å²) in [5.74, 6) is -8.62. The molecule has 0 radical (unpaired) electrons. The highest BCUT2D eigenvalue weighted by Crippen LogP contribution is 2.36. The van der Waals surface area contributed by atoms with E-state index in [0.717, 1.165) is 19.3 Å². The highest BCUT2D eigenvalue weighted by atomic mass is 19.4. The maximum Gasteiger partial charge on any atom is 0.465 e. The number of nitrogens with one attached hydrogen (secondary N) is 1. The molecule has 0 spiro atoms. The van der Waals surface area contributed by atoms with Crippen LogP contribution >= 0.6 is 0 Å². The second-order valence-corrected chi connectivity index (χ2v) is 4.23. The Morgan fingerprint density at radius 3 is 2.00 bits per heavy atom. The molecule has 0 unspecified atom stereocenters. The van der Waals surface area contributed by atoms with E-state index in [1.807, 2.05) is 0 Å². The first-order valence-corrected chi connectivity index (χ1v) is 5.62. The minimum Gasteiger partial charge on any atom is -0.371 e. The van der Waals surface area contributed by atoms with Gasteiger partial charge in [0.05, 0.1) is 0 Å². The molecule has 1 saturated carbocycles. The Labute approximate surface area is 105 Å². The molecule has 110 valence electrons. The molecule has 1 aliphatic rings. The lowest BCUT2D eigenvalue weighted by molar-refractivity contribution is -0.277. The summed E-state index contributed by atoms with van der Waals surface area (Å²) in [6, 6.07) is -0.367. The van der Waals surface area contributed by atoms with Crippen LogP contribution in [0.25, 0.3) is 0 Å². The van der Waals surface area contributed by atoms with Crippen LogP contribution in [0.1, 0.15) is 32.1 Å². The van der Waals surface area contributed by atoms with Gasteiger partial charge in [0, 0.05) is 6.04 Å². The van der Waals surface area contributed by atoms with Gasteiger partial charge in [0.1, 0.15) is 0 Å². The first kappa shape index (κ1) is 15.6. The largest absolute Gasteiger partial charge is 0.465 e. The van der Waals surface area contributed by atoms with Gasteiger partial charge in [0.15, 0.2) is 0 Å². The van der Waals surface area contributed by atoms with E-state index in [1.165, 1.54) is 0 Å². The molecule has 1 amide bonds. The monoisotopic (exact) mass is 289 g/mol. The molecule has 0 bridgehead atoms. The normalized spacial score (nSPS) is 17.9. The van der Waals surface area contributed by atoms with E-state index in [9.17, 15) is 31.5 Å². The van der Waals surface area contributed by atoms with E-state index in [1.54, 1.807) is 0 Å². The van der Waals surface area contributed by atoms with Crippen LogP contribution in [0.5, 0.6) is 0 Å². The number of rotatable bonds is 2. The summed E-state index contributed by atoms with van der Waals surface area (Å²) < 4.78 is 63.9. The number of halogens is 5. The molecule has 1 rings (SSSR count). The molecule has 0 atom stereocenters. The number of amides is 1. The molecule has 4 nitrogen and oxygen atoms in total. The Bertz CT molecular complexity index is 350. The number of alkyl halides is 5. The summed E-state index contributed by atoms with van der Waals surface area (Å²) in [5.41, 5.74) is 0. The van der Waals surface area contributed by atoms with Gasteiger partial charge in [-0.1, -0.05) is 19.3 Å². The molecular formula is C10H12F5NO3. The SMILES string of the molecule is O=C(NC1CCCCC1)OC(=O)C(F)(F)C(F)(F)F. The zero-order valence-corrected chi connectivity index (χ0v) is 9.73. The van der Waals surface area contributed by atoms with E-state index in [-0.39, 0.29) is 6.04 Å². The summed E-state index contributed by atoms with van der Waals surface area (Å²) in [7, 11) is 0. The standard InChI is InChI=1S/C10H12F5NO3/c11-9(12,10(13,14)15)7(17)19-8(18)16-6-4-2-1-3-5-6/h6H,1-5H2,(H,16,18). The quantitative estimate of drug-likeness (QED) is 0.483. The third kappa shape index (κ3) is 4.03. The van der Waals surface area contributed by atoms with E-state index in [0.29, 0.717) is 12.8 Å². The van der Waals surface area contributed by atoms with E-state index >= 15 is 0 Å². The van der Waals surface area contributed by atoms with Gasteiger partial charge in [0.25, 0.3) is 0 Å². The number of carbonyl (C=O) groups is 2. The van der Waals surface area contributed by atoms with Gasteiger partial charge in [-0.2, -0.15) is 22.0 Å². The zero-order chi connectivity index (χ0) is 14.7. The molecule has 0 heterocycles. The molecule has 0 aromatic rings. The molecule has 1 aliphatic carbocycles. The van der Waals surface area contributed by atoms with Gasteiger partial charge >= 0.3 is 24.2 Å². The van der Waals surface area contributed by atoms with Crippen molar-refractivity contribution in [3.8, 4) is 0 Å². The molecule has 0 aliphatic heterocycles. The second-order valence-electron chi connectivity index (χ2n) is 4.23. The molecule has 0 aromatic carbocycles. The van der Waals surface area contributed by atoms with E-state index in [2.05, 4.69) is 10.1 Å². The number of carbonyl (C=O) groups excluding carboxylic acids is 2. The third-order valence-electron chi connectivity index (χ3n) is 2.72. The number of hydrogen-bond donors (Lipinski definition) is 1. The zero-order valence-electron chi connectivity index (χ0n) is 9.73. The van der Waals surface area contributed by atoms with Crippen LogP contribution in [-0.2, 0) is 9.53 Å². The smallest absolute Gasteiger partial charge is 0.371 e. The lowest BCUT2D eigenvalue weighted by Crippen LogP contribution is -2.48. The summed E-state index contributed by atoms with van der Waals surface area (Å²) in [4.78, 5) is 21.7. The average Bonchev–Trinajstić information content (AvgIpc) is 2.28. The Kier molecular flexibility index (Phi) is 4.70. The van der Waals surface area contributed by atoms with Crippen LogP contribution in [0.2, 0.25) is 0 Å². The lowest BCUT2D eigenvalue weighted by atomic mass is 9.96. The fraction of sp³-hybridized carbons (Fsp3) is 0.800. The minimum atomic E-state index is -6.09. The van der Waals surface area contributed by atoms with Crippen molar-refractivity contribution in [2.75, 3.05) is 0 Å². The van der Waals surface area contributed by atoms with Gasteiger partial charge in [-0.15, -0.1) is 0 Å². The van der Waals surface area contributed by atoms with Crippen molar-refractivity contribution in [1.82, 2.24) is 5.32 Å². The minimum absolute atomic E-state index is 0.367. The van der Waals surface area contributed by atoms with Gasteiger partial charge in [0.2, 0.25) is 0 Å². The van der Waals surface area contributed by atoms with Gasteiger partial charge in [-0.25, -0.2) is 9.59 Å². The second kappa shape index (κ2) is 5.70. The van der Waals surface area contributed by atoms with E-state index < -0.39 is 24.2 Å². The molecule has 1 fully saturated rings. The number of esters is 1. The predicted molar refractivity (Wildman–Crippen MR) is 52.5 cm³/mol. The summed E-state index contributed by atoms with van der Waals surface area (Å²) >= 11 is 0. The van der Waals surface area contributed by atoms with Gasteiger partial charge < -0.3 is 10.1 Å². The van der Waals surface area contributed by atoms with Crippen molar-refractivity contribution < 1.29 is 36.3 Å². The molecule has 0 aromatic heterocycles. The third-order valence-corrected chi connectivity index (χ3v) is 2.72. The lowest BCUT2D eigenvalue weighted by Gasteiger charge is -2.23. The average molecular weight is 289 g/mol. The Morgan fingerprint density at radius 1 is 1.00 bits per heavy atom. The van der Waals surface area contributed by atoms with Crippen LogP contribution in [0.3, 0.4) is 0 Å². The Morgan fingerprint density at radius 2 is 1.53 bits per heavy atom. The number of alkyl carbamates (subject to hydrolysis) is 1. The van der Waals surface area contributed by atoms with Crippen molar-refractivity contribution in [3.05, 3.63) is 0 Å². The van der Waals surface area contributed by atoms with Crippen molar-refractivity contribution >= 4 is 12.1 Å². The van der Waals surface area contributed by atoms with E-state index in [4.69, 9.17) is 0 Å². The first-order chi connectivity index (χ1) is 8.64. The molecule has 1 N–H and O–H groups in total. The fourth-order valence-electron chi connectivity index (χ4n) is 1.71. The first-order valence-electron chi connectivity index (χ1n) is 5.62. The summed E-state index contributed by atoms with van der Waals surface area (Å²) in [5, 5.41) is 2.09. The topological polar surface area (TPSA) is 55.4 Å². The van der Waals surface area contributed by atoms with Gasteiger partial charge in [-0.3, -0.25) is 0 Å². The van der Waals surface area contributed by atoms with Crippen molar-refractivity contribution in [2.45, 2.75) is 50.2 Å². The Hall–Kier alpha value is -1.41. The number of hydrogen-bond acceptors (Lipinski definition) is 3. The highest BCUT2D eigenvalue weighted by molar-refractivity contribution is 5.89. The predicted octanol–water partition coefficient (Wildman–Crippen LogP) is 2.77. The molecule has 0 saturated heterocycles.